The minimum Gasteiger partial charge on any atom is -0.476 e. The van der Waals surface area contributed by atoms with Crippen LogP contribution in [0.15, 0.2) is 42.6 Å². The lowest BCUT2D eigenvalue weighted by Crippen LogP contribution is -2.04. The van der Waals surface area contributed by atoms with Gasteiger partial charge in [-0.05, 0) is 24.3 Å². The summed E-state index contributed by atoms with van der Waals surface area (Å²) in [6, 6.07) is 11.0. The fourth-order valence-corrected chi connectivity index (χ4v) is 1.88. The average molecular weight is 212 g/mol. The van der Waals surface area contributed by atoms with Gasteiger partial charge in [-0.2, -0.15) is 0 Å². The number of carboxylic acid groups (broad SMARTS) is 1. The molecule has 0 fully saturated rings. The Labute approximate surface area is 90.8 Å². The van der Waals surface area contributed by atoms with Gasteiger partial charge in [0.05, 0.1) is 16.6 Å². The molecule has 16 heavy (non-hydrogen) atoms. The summed E-state index contributed by atoms with van der Waals surface area (Å²) in [7, 11) is 0. The Morgan fingerprint density at radius 1 is 1.12 bits per heavy atom. The molecule has 0 radical (unpaired) electrons. The first kappa shape index (κ1) is 8.91. The molecule has 0 spiro atoms. The number of hydrogen-bond acceptors (Lipinski definition) is 2. The highest BCUT2D eigenvalue weighted by Gasteiger charge is 2.12. The first-order valence-electron chi connectivity index (χ1n) is 4.86. The van der Waals surface area contributed by atoms with Crippen LogP contribution in [0.1, 0.15) is 10.5 Å². The molecule has 0 aliphatic rings. The van der Waals surface area contributed by atoms with Gasteiger partial charge in [-0.15, -0.1) is 0 Å². The summed E-state index contributed by atoms with van der Waals surface area (Å²) in [5.41, 5.74) is 2.30. The summed E-state index contributed by atoms with van der Waals surface area (Å²) in [5, 5.41) is 9.08. The predicted molar refractivity (Wildman–Crippen MR) is 59.7 cm³/mol. The average Bonchev–Trinajstić information content (AvgIpc) is 2.76. The number of fused-ring (bicyclic) bond motifs is 3. The van der Waals surface area contributed by atoms with Crippen LogP contribution in [0, 0.1) is 0 Å². The van der Waals surface area contributed by atoms with Crippen LogP contribution in [0.4, 0.5) is 0 Å². The van der Waals surface area contributed by atoms with Gasteiger partial charge in [-0.1, -0.05) is 12.1 Å². The maximum Gasteiger partial charge on any atom is 0.356 e. The van der Waals surface area contributed by atoms with Gasteiger partial charge in [0.2, 0.25) is 0 Å². The van der Waals surface area contributed by atoms with Crippen molar-refractivity contribution in [2.24, 2.45) is 0 Å². The molecule has 0 aliphatic heterocycles. The van der Waals surface area contributed by atoms with Gasteiger partial charge in [0.15, 0.2) is 5.69 Å². The van der Waals surface area contributed by atoms with Crippen LogP contribution in [0.2, 0.25) is 0 Å². The standard InChI is InChI=1S/C12H8N2O2/c15-12(16)11-10-6-3-7-14(10)9-5-2-1-4-8(9)13-11/h1-7H,(H,15,16). The zero-order valence-electron chi connectivity index (χ0n) is 8.29. The molecule has 0 saturated heterocycles. The smallest absolute Gasteiger partial charge is 0.356 e. The van der Waals surface area contributed by atoms with Crippen LogP contribution in [0.3, 0.4) is 0 Å². The van der Waals surface area contributed by atoms with Gasteiger partial charge in [0, 0.05) is 6.20 Å². The van der Waals surface area contributed by atoms with Crippen molar-refractivity contribution in [2.45, 2.75) is 0 Å². The van der Waals surface area contributed by atoms with Crippen molar-refractivity contribution in [2.75, 3.05) is 0 Å². The van der Waals surface area contributed by atoms with Crippen LogP contribution in [0.25, 0.3) is 16.6 Å². The SMILES string of the molecule is O=C(O)c1nc2ccccc2n2cccc12. The van der Waals surface area contributed by atoms with Crippen molar-refractivity contribution in [3.63, 3.8) is 0 Å². The molecule has 0 aliphatic carbocycles. The van der Waals surface area contributed by atoms with Crippen LogP contribution in [-0.2, 0) is 0 Å². The number of para-hydroxylation sites is 2. The maximum absolute atomic E-state index is 11.1. The summed E-state index contributed by atoms with van der Waals surface area (Å²) in [5.74, 6) is -1.01. The minimum absolute atomic E-state index is 0.0868. The molecule has 4 nitrogen and oxygen atoms in total. The van der Waals surface area contributed by atoms with E-state index in [1.165, 1.54) is 0 Å². The van der Waals surface area contributed by atoms with E-state index in [0.717, 1.165) is 5.52 Å². The van der Waals surface area contributed by atoms with E-state index in [1.807, 2.05) is 34.9 Å². The predicted octanol–water partition coefficient (Wildman–Crippen LogP) is 2.19. The molecule has 4 heteroatoms. The van der Waals surface area contributed by atoms with Gasteiger partial charge in [0.25, 0.3) is 0 Å². The van der Waals surface area contributed by atoms with Crippen LogP contribution in [0.5, 0.6) is 0 Å². The number of rotatable bonds is 1. The van der Waals surface area contributed by atoms with Crippen LogP contribution >= 0.6 is 0 Å². The van der Waals surface area contributed by atoms with E-state index < -0.39 is 5.97 Å². The molecule has 0 saturated carbocycles. The minimum atomic E-state index is -1.01. The van der Waals surface area contributed by atoms with Gasteiger partial charge < -0.3 is 9.51 Å². The molecule has 2 heterocycles. The Balaban J connectivity index is 2.58. The van der Waals surface area contributed by atoms with E-state index in [9.17, 15) is 4.79 Å². The van der Waals surface area contributed by atoms with Crippen molar-refractivity contribution in [1.29, 1.82) is 0 Å². The molecule has 0 bridgehead atoms. The van der Waals surface area contributed by atoms with Crippen molar-refractivity contribution in [3.05, 3.63) is 48.3 Å². The second-order valence-corrected chi connectivity index (χ2v) is 3.52. The van der Waals surface area contributed by atoms with E-state index in [-0.39, 0.29) is 5.69 Å². The highest BCUT2D eigenvalue weighted by Crippen LogP contribution is 2.18. The molecule has 0 unspecified atom stereocenters. The van der Waals surface area contributed by atoms with E-state index >= 15 is 0 Å². The summed E-state index contributed by atoms with van der Waals surface area (Å²) in [4.78, 5) is 15.2. The quantitative estimate of drug-likeness (QED) is 0.672. The monoisotopic (exact) mass is 212 g/mol. The molecule has 1 N–H and O–H groups in total. The topological polar surface area (TPSA) is 54.6 Å². The van der Waals surface area contributed by atoms with Crippen molar-refractivity contribution >= 4 is 22.5 Å². The van der Waals surface area contributed by atoms with Gasteiger partial charge in [-0.25, -0.2) is 9.78 Å². The third-order valence-corrected chi connectivity index (χ3v) is 2.57. The lowest BCUT2D eigenvalue weighted by Gasteiger charge is -2.04. The van der Waals surface area contributed by atoms with Crippen molar-refractivity contribution < 1.29 is 9.90 Å². The Morgan fingerprint density at radius 3 is 2.69 bits per heavy atom. The zero-order chi connectivity index (χ0) is 11.1. The molecular weight excluding hydrogens is 204 g/mol. The third kappa shape index (κ3) is 1.10. The molecule has 0 atom stereocenters. The lowest BCUT2D eigenvalue weighted by atomic mass is 10.2. The third-order valence-electron chi connectivity index (χ3n) is 2.57. The molecule has 3 rings (SSSR count). The first-order valence-corrected chi connectivity index (χ1v) is 4.86. The number of benzene rings is 1. The fourth-order valence-electron chi connectivity index (χ4n) is 1.88. The van der Waals surface area contributed by atoms with Gasteiger partial charge >= 0.3 is 5.97 Å². The summed E-state index contributed by atoms with van der Waals surface area (Å²) >= 11 is 0. The highest BCUT2D eigenvalue weighted by molar-refractivity contribution is 5.96. The first-order chi connectivity index (χ1) is 7.77. The number of carboxylic acids is 1. The van der Waals surface area contributed by atoms with Gasteiger partial charge in [0.1, 0.15) is 0 Å². The van der Waals surface area contributed by atoms with Crippen LogP contribution in [-0.4, -0.2) is 20.5 Å². The summed E-state index contributed by atoms with van der Waals surface area (Å²) in [6.45, 7) is 0. The molecule has 1 aromatic carbocycles. The van der Waals surface area contributed by atoms with Crippen LogP contribution < -0.4 is 0 Å². The molecular formula is C12H8N2O2. The number of aromatic carboxylic acids is 1. The maximum atomic E-state index is 11.1. The molecule has 0 amide bonds. The van der Waals surface area contributed by atoms with E-state index in [2.05, 4.69) is 4.98 Å². The second kappa shape index (κ2) is 3.06. The van der Waals surface area contributed by atoms with E-state index in [1.54, 1.807) is 12.1 Å². The summed E-state index contributed by atoms with van der Waals surface area (Å²) < 4.78 is 1.84. The van der Waals surface area contributed by atoms with E-state index in [0.29, 0.717) is 11.0 Å². The fraction of sp³-hybridized carbons (Fsp3) is 0. The number of carbonyl (C=O) groups is 1. The normalized spacial score (nSPS) is 11.0. The Morgan fingerprint density at radius 2 is 1.88 bits per heavy atom. The molecule has 2 aromatic heterocycles. The van der Waals surface area contributed by atoms with Crippen molar-refractivity contribution in [3.8, 4) is 0 Å². The zero-order valence-corrected chi connectivity index (χ0v) is 8.29. The lowest BCUT2D eigenvalue weighted by molar-refractivity contribution is 0.0693. The van der Waals surface area contributed by atoms with Gasteiger partial charge in [-0.3, -0.25) is 0 Å². The second-order valence-electron chi connectivity index (χ2n) is 3.52. The number of hydrogen-bond donors (Lipinski definition) is 1. The van der Waals surface area contributed by atoms with Crippen molar-refractivity contribution in [1.82, 2.24) is 9.38 Å². The Hall–Kier alpha value is -2.36. The highest BCUT2D eigenvalue weighted by atomic mass is 16.4. The molecule has 78 valence electrons. The molecule has 3 aromatic rings. The Bertz CT molecular complexity index is 700. The van der Waals surface area contributed by atoms with E-state index in [4.69, 9.17) is 5.11 Å². The number of nitrogens with zero attached hydrogens (tertiary/aromatic N) is 2. The summed E-state index contributed by atoms with van der Waals surface area (Å²) in [6.07, 6.45) is 1.84. The largest absolute Gasteiger partial charge is 0.476 e. The Kier molecular flexibility index (Phi) is 1.71. The number of aromatic nitrogens is 2.